The van der Waals surface area contributed by atoms with Gasteiger partial charge < -0.3 is 5.32 Å². The van der Waals surface area contributed by atoms with Crippen molar-refractivity contribution in [2.24, 2.45) is 5.92 Å². The van der Waals surface area contributed by atoms with Gasteiger partial charge in [0.2, 0.25) is 0 Å². The molecule has 1 aromatic heterocycles. The second-order valence-electron chi connectivity index (χ2n) is 5.59. The first-order chi connectivity index (χ1) is 8.81. The maximum Gasteiger partial charge on any atom is 0.0331 e. The molecule has 18 heavy (non-hydrogen) atoms. The lowest BCUT2D eigenvalue weighted by molar-refractivity contribution is 0.191. The Hall–Kier alpha value is 0.1000. The Labute approximate surface area is 122 Å². The van der Waals surface area contributed by atoms with E-state index in [1.54, 1.807) is 0 Å². The zero-order valence-corrected chi connectivity index (χ0v) is 13.1. The van der Waals surface area contributed by atoms with Gasteiger partial charge in [-0.25, -0.2) is 0 Å². The number of nitrogens with one attached hydrogen (secondary N) is 1. The minimum Gasteiger partial charge on any atom is -0.317 e. The summed E-state index contributed by atoms with van der Waals surface area (Å²) in [5.74, 6) is 0.912. The first kappa shape index (κ1) is 13.1. The van der Waals surface area contributed by atoms with E-state index in [4.69, 9.17) is 0 Å². The summed E-state index contributed by atoms with van der Waals surface area (Å²) in [6.07, 6.45) is 5.55. The maximum atomic E-state index is 3.56. The molecule has 1 N–H and O–H groups in total. The van der Waals surface area contributed by atoms with Crippen LogP contribution in [0, 0.1) is 5.92 Å². The van der Waals surface area contributed by atoms with E-state index in [1.807, 2.05) is 11.3 Å². The van der Waals surface area contributed by atoms with Gasteiger partial charge in [0.05, 0.1) is 0 Å². The minimum absolute atomic E-state index is 0.876. The molecule has 0 radical (unpaired) electrons. The van der Waals surface area contributed by atoms with Gasteiger partial charge in [0.1, 0.15) is 0 Å². The fraction of sp³-hybridized carbons (Fsp3) is 0.714. The zero-order valence-electron chi connectivity index (χ0n) is 10.7. The van der Waals surface area contributed by atoms with Crippen molar-refractivity contribution in [1.29, 1.82) is 0 Å². The molecule has 1 saturated heterocycles. The van der Waals surface area contributed by atoms with Gasteiger partial charge in [0.15, 0.2) is 0 Å². The fourth-order valence-electron chi connectivity index (χ4n) is 2.82. The molecular formula is C14H21BrN2S. The normalized spacial score (nSPS) is 21.7. The molecule has 1 aromatic rings. The second-order valence-corrected chi connectivity index (χ2v) is 7.50. The van der Waals surface area contributed by atoms with E-state index in [0.29, 0.717) is 0 Å². The van der Waals surface area contributed by atoms with Crippen molar-refractivity contribution < 1.29 is 0 Å². The number of hydrogen-bond acceptors (Lipinski definition) is 3. The summed E-state index contributed by atoms with van der Waals surface area (Å²) < 4.78 is 1.24. The van der Waals surface area contributed by atoms with Crippen molar-refractivity contribution in [3.8, 4) is 0 Å². The number of piperidine rings is 1. The Balaban J connectivity index is 1.57. The van der Waals surface area contributed by atoms with Crippen molar-refractivity contribution in [2.75, 3.05) is 19.6 Å². The van der Waals surface area contributed by atoms with Crippen LogP contribution < -0.4 is 5.32 Å². The Kier molecular flexibility index (Phi) is 4.39. The van der Waals surface area contributed by atoms with E-state index in [2.05, 4.69) is 37.6 Å². The molecule has 0 unspecified atom stereocenters. The van der Waals surface area contributed by atoms with Gasteiger partial charge in [0.25, 0.3) is 0 Å². The molecule has 2 nitrogen and oxygen atoms in total. The highest BCUT2D eigenvalue weighted by Gasteiger charge is 2.31. The molecule has 1 saturated carbocycles. The lowest BCUT2D eigenvalue weighted by atomic mass is 9.97. The monoisotopic (exact) mass is 328 g/mol. The summed E-state index contributed by atoms with van der Waals surface area (Å²) in [5.41, 5.74) is 0. The van der Waals surface area contributed by atoms with Crippen molar-refractivity contribution in [3.63, 3.8) is 0 Å². The molecule has 0 aromatic carbocycles. The third-order valence-corrected chi connectivity index (χ3v) is 5.68. The average Bonchev–Trinajstić information content (AvgIpc) is 3.15. The lowest BCUT2D eigenvalue weighted by Crippen LogP contribution is -2.36. The van der Waals surface area contributed by atoms with Gasteiger partial charge in [0, 0.05) is 33.9 Å². The van der Waals surface area contributed by atoms with E-state index < -0.39 is 0 Å². The van der Waals surface area contributed by atoms with E-state index in [0.717, 1.165) is 18.5 Å². The Bertz CT molecular complexity index is 383. The van der Waals surface area contributed by atoms with Gasteiger partial charge in [-0.1, -0.05) is 0 Å². The number of rotatable bonds is 5. The largest absolute Gasteiger partial charge is 0.317 e. The smallest absolute Gasteiger partial charge is 0.0331 e. The van der Waals surface area contributed by atoms with Crippen molar-refractivity contribution in [2.45, 2.75) is 38.3 Å². The highest BCUT2D eigenvalue weighted by atomic mass is 79.9. The van der Waals surface area contributed by atoms with Crippen LogP contribution in [0.1, 0.15) is 30.6 Å². The average molecular weight is 329 g/mol. The van der Waals surface area contributed by atoms with Crippen LogP contribution in [-0.2, 0) is 6.54 Å². The standard InChI is InChI=1S/C14H21BrN2S/c15-12-7-14(18-10-12)9-17(13-1-2-13)8-11-3-5-16-6-4-11/h7,10-11,13,16H,1-6,8-9H2. The zero-order chi connectivity index (χ0) is 12.4. The Morgan fingerprint density at radius 3 is 2.67 bits per heavy atom. The highest BCUT2D eigenvalue weighted by molar-refractivity contribution is 9.10. The topological polar surface area (TPSA) is 15.3 Å². The molecule has 2 heterocycles. The Morgan fingerprint density at radius 1 is 1.28 bits per heavy atom. The first-order valence-corrected chi connectivity index (χ1v) is 8.66. The molecule has 0 amide bonds. The van der Waals surface area contributed by atoms with Crippen LogP contribution in [0.2, 0.25) is 0 Å². The third kappa shape index (κ3) is 3.56. The van der Waals surface area contributed by atoms with E-state index >= 15 is 0 Å². The van der Waals surface area contributed by atoms with Gasteiger partial charge >= 0.3 is 0 Å². The molecule has 100 valence electrons. The van der Waals surface area contributed by atoms with Gasteiger partial charge in [-0.3, -0.25) is 4.90 Å². The summed E-state index contributed by atoms with van der Waals surface area (Å²) >= 11 is 5.44. The molecule has 3 rings (SSSR count). The lowest BCUT2D eigenvalue weighted by Gasteiger charge is -2.29. The van der Waals surface area contributed by atoms with Gasteiger partial charge in [-0.15, -0.1) is 11.3 Å². The summed E-state index contributed by atoms with van der Waals surface area (Å²) in [6, 6.07) is 3.16. The summed E-state index contributed by atoms with van der Waals surface area (Å²) in [5, 5.41) is 5.66. The maximum absolute atomic E-state index is 3.56. The predicted molar refractivity (Wildman–Crippen MR) is 81.0 cm³/mol. The Morgan fingerprint density at radius 2 is 2.06 bits per heavy atom. The van der Waals surface area contributed by atoms with E-state index in [1.165, 1.54) is 54.7 Å². The van der Waals surface area contributed by atoms with Crippen molar-refractivity contribution in [1.82, 2.24) is 10.2 Å². The number of halogens is 1. The number of nitrogens with zero attached hydrogens (tertiary/aromatic N) is 1. The van der Waals surface area contributed by atoms with Crippen LogP contribution in [0.25, 0.3) is 0 Å². The predicted octanol–water partition coefficient (Wildman–Crippen LogP) is 3.47. The SMILES string of the molecule is Brc1csc(CN(CC2CCNCC2)C2CC2)c1. The summed E-state index contributed by atoms with van der Waals surface area (Å²) in [7, 11) is 0. The molecular weight excluding hydrogens is 308 g/mol. The van der Waals surface area contributed by atoms with Crippen LogP contribution in [0.15, 0.2) is 15.9 Å². The number of thiophene rings is 1. The van der Waals surface area contributed by atoms with Crippen LogP contribution in [0.3, 0.4) is 0 Å². The quantitative estimate of drug-likeness (QED) is 0.890. The second kappa shape index (κ2) is 6.04. The van der Waals surface area contributed by atoms with E-state index in [-0.39, 0.29) is 0 Å². The summed E-state index contributed by atoms with van der Waals surface area (Å²) in [4.78, 5) is 4.23. The minimum atomic E-state index is 0.876. The van der Waals surface area contributed by atoms with Crippen LogP contribution in [0.4, 0.5) is 0 Å². The molecule has 0 spiro atoms. The summed E-state index contributed by atoms with van der Waals surface area (Å²) in [6.45, 7) is 4.90. The highest BCUT2D eigenvalue weighted by Crippen LogP contribution is 2.32. The van der Waals surface area contributed by atoms with Crippen LogP contribution in [0.5, 0.6) is 0 Å². The fourth-order valence-corrected chi connectivity index (χ4v) is 4.29. The molecule has 0 bridgehead atoms. The van der Waals surface area contributed by atoms with Crippen molar-refractivity contribution >= 4 is 27.3 Å². The molecule has 2 aliphatic rings. The molecule has 4 heteroatoms. The van der Waals surface area contributed by atoms with Gasteiger partial charge in [-0.05, 0) is 66.7 Å². The molecule has 1 aliphatic carbocycles. The molecule has 1 aliphatic heterocycles. The number of hydrogen-bond donors (Lipinski definition) is 1. The van der Waals surface area contributed by atoms with Crippen LogP contribution >= 0.6 is 27.3 Å². The third-order valence-electron chi connectivity index (χ3n) is 4.00. The van der Waals surface area contributed by atoms with Gasteiger partial charge in [-0.2, -0.15) is 0 Å². The molecule has 0 atom stereocenters. The van der Waals surface area contributed by atoms with Crippen LogP contribution in [-0.4, -0.2) is 30.6 Å². The van der Waals surface area contributed by atoms with Crippen molar-refractivity contribution in [3.05, 3.63) is 20.8 Å². The van der Waals surface area contributed by atoms with E-state index in [9.17, 15) is 0 Å². The molecule has 2 fully saturated rings. The first-order valence-electron chi connectivity index (χ1n) is 6.99.